The van der Waals surface area contributed by atoms with Crippen molar-refractivity contribution in [1.29, 1.82) is 0 Å². The summed E-state index contributed by atoms with van der Waals surface area (Å²) in [5, 5.41) is 61.1. The van der Waals surface area contributed by atoms with E-state index in [1.807, 2.05) is 0 Å². The smallest absolute Gasteiger partial charge is 0.200 e. The minimum Gasteiger partial charge on any atom is -0.502 e. The first-order chi connectivity index (χ1) is 20.1. The highest BCUT2D eigenvalue weighted by Gasteiger charge is 2.47. The number of methoxy groups -OCH3 is 4. The van der Waals surface area contributed by atoms with E-state index in [9.17, 15) is 35.4 Å². The first-order valence-electron chi connectivity index (χ1n) is 13.1. The second kappa shape index (κ2) is 13.3. The van der Waals surface area contributed by atoms with Gasteiger partial charge in [0.1, 0.15) is 24.4 Å². The maximum absolute atomic E-state index is 13.9. The number of benzene rings is 2. The van der Waals surface area contributed by atoms with E-state index in [1.165, 1.54) is 52.7 Å². The van der Waals surface area contributed by atoms with Crippen LogP contribution in [0.4, 0.5) is 0 Å². The van der Waals surface area contributed by atoms with Crippen LogP contribution in [0.1, 0.15) is 22.0 Å². The van der Waals surface area contributed by atoms with Crippen molar-refractivity contribution in [1.82, 2.24) is 0 Å². The Kier molecular flexibility index (Phi) is 9.99. The lowest BCUT2D eigenvalue weighted by Crippen LogP contribution is -2.59. The second-order valence-electron chi connectivity index (χ2n) is 9.92. The molecule has 4 rings (SSSR count). The number of phenols is 2. The van der Waals surface area contributed by atoms with Gasteiger partial charge in [-0.25, -0.2) is 0 Å². The number of carbonyl (C=O) groups excluding carboxylic acids is 1. The van der Waals surface area contributed by atoms with Gasteiger partial charge in [-0.3, -0.25) is 4.79 Å². The van der Waals surface area contributed by atoms with Gasteiger partial charge < -0.3 is 63.8 Å². The standard InChI is InChI=1S/C28H36O14/c1-36-16-5-12(6-17(37-2)22(16)31)21(30)14-10-40-27(13-7-18(38-3)23(32)19(8-13)39-4)15(14)11-41-28-26(35)25(34)24(33)20(9-29)42-28/h5-8,14-15,20,24-29,31-35H,9-11H2,1-4H3/t14-,15-,20+,24+,25-,26+,27+,28+/m0/s1. The fourth-order valence-corrected chi connectivity index (χ4v) is 5.22. The van der Waals surface area contributed by atoms with Crippen molar-refractivity contribution in [3.05, 3.63) is 35.4 Å². The highest BCUT2D eigenvalue weighted by Crippen LogP contribution is 2.46. The van der Waals surface area contributed by atoms with Crippen molar-refractivity contribution in [3.8, 4) is 34.5 Å². The largest absolute Gasteiger partial charge is 0.502 e. The Morgan fingerprint density at radius 2 is 1.36 bits per heavy atom. The molecule has 0 spiro atoms. The number of rotatable bonds is 11. The molecule has 0 radical (unpaired) electrons. The van der Waals surface area contributed by atoms with Crippen LogP contribution in [0, 0.1) is 11.8 Å². The van der Waals surface area contributed by atoms with Gasteiger partial charge in [0.2, 0.25) is 11.5 Å². The summed E-state index contributed by atoms with van der Waals surface area (Å²) in [6, 6.07) is 5.80. The molecule has 2 aromatic rings. The number of Topliss-reactive ketones (excluding diaryl/α,β-unsaturated/α-hetero) is 1. The van der Waals surface area contributed by atoms with Gasteiger partial charge in [0.05, 0.1) is 60.3 Å². The molecule has 0 aromatic heterocycles. The van der Waals surface area contributed by atoms with Crippen molar-refractivity contribution in [2.75, 3.05) is 48.3 Å². The molecule has 0 amide bonds. The highest BCUT2D eigenvalue weighted by atomic mass is 16.7. The van der Waals surface area contributed by atoms with E-state index in [4.69, 9.17) is 33.2 Å². The molecule has 42 heavy (non-hydrogen) atoms. The van der Waals surface area contributed by atoms with Gasteiger partial charge >= 0.3 is 0 Å². The lowest BCUT2D eigenvalue weighted by atomic mass is 9.83. The van der Waals surface area contributed by atoms with Gasteiger partial charge in [-0.2, -0.15) is 0 Å². The molecule has 2 aliphatic heterocycles. The van der Waals surface area contributed by atoms with Crippen LogP contribution < -0.4 is 18.9 Å². The second-order valence-corrected chi connectivity index (χ2v) is 9.92. The first kappa shape index (κ1) is 31.6. The molecule has 232 valence electrons. The molecule has 2 aliphatic rings. The Bertz CT molecular complexity index is 1200. The zero-order valence-electron chi connectivity index (χ0n) is 23.5. The minimum absolute atomic E-state index is 0.0234. The van der Waals surface area contributed by atoms with Gasteiger partial charge in [-0.1, -0.05) is 0 Å². The predicted octanol–water partition coefficient (Wildman–Crippen LogP) is 0.135. The lowest BCUT2D eigenvalue weighted by Gasteiger charge is -2.40. The van der Waals surface area contributed by atoms with Crippen LogP contribution in [0.3, 0.4) is 0 Å². The number of aliphatic hydroxyl groups is 4. The molecule has 2 saturated heterocycles. The quantitative estimate of drug-likeness (QED) is 0.191. The van der Waals surface area contributed by atoms with Crippen molar-refractivity contribution in [2.24, 2.45) is 11.8 Å². The zero-order valence-corrected chi connectivity index (χ0v) is 23.5. The Morgan fingerprint density at radius 1 is 0.833 bits per heavy atom. The third kappa shape index (κ3) is 5.92. The van der Waals surface area contributed by atoms with Crippen LogP contribution in [-0.4, -0.2) is 115 Å². The molecule has 6 N–H and O–H groups in total. The van der Waals surface area contributed by atoms with E-state index in [0.29, 0.717) is 5.56 Å². The topological polar surface area (TPSA) is 203 Å². The molecular formula is C28H36O14. The average molecular weight is 597 g/mol. The third-order valence-corrected chi connectivity index (χ3v) is 7.59. The molecule has 0 saturated carbocycles. The van der Waals surface area contributed by atoms with Gasteiger partial charge in [0, 0.05) is 11.5 Å². The van der Waals surface area contributed by atoms with Crippen molar-refractivity contribution in [2.45, 2.75) is 36.8 Å². The van der Waals surface area contributed by atoms with E-state index >= 15 is 0 Å². The van der Waals surface area contributed by atoms with Crippen molar-refractivity contribution >= 4 is 5.78 Å². The van der Waals surface area contributed by atoms with Gasteiger partial charge in [0.25, 0.3) is 0 Å². The Hall–Kier alpha value is -3.37. The number of hydrogen-bond acceptors (Lipinski definition) is 14. The average Bonchev–Trinajstić information content (AvgIpc) is 3.43. The Morgan fingerprint density at radius 3 is 1.86 bits per heavy atom. The summed E-state index contributed by atoms with van der Waals surface area (Å²) < 4.78 is 38.4. The number of aromatic hydroxyl groups is 2. The molecule has 8 atom stereocenters. The number of aliphatic hydroxyl groups excluding tert-OH is 4. The zero-order chi connectivity index (χ0) is 30.7. The summed E-state index contributed by atoms with van der Waals surface area (Å²) in [6.07, 6.45) is -8.33. The van der Waals surface area contributed by atoms with E-state index in [-0.39, 0.29) is 53.3 Å². The number of ether oxygens (including phenoxy) is 7. The predicted molar refractivity (Wildman–Crippen MR) is 142 cm³/mol. The molecule has 14 heteroatoms. The highest BCUT2D eigenvalue weighted by molar-refractivity contribution is 5.99. The number of hydrogen-bond donors (Lipinski definition) is 6. The summed E-state index contributed by atoms with van der Waals surface area (Å²) in [5.41, 5.74) is 0.648. The molecule has 2 aromatic carbocycles. The first-order valence-corrected chi connectivity index (χ1v) is 13.1. The molecule has 2 fully saturated rings. The van der Waals surface area contributed by atoms with Crippen LogP contribution in [0.25, 0.3) is 0 Å². The number of phenolic OH excluding ortho intramolecular Hbond substituents is 2. The molecule has 2 heterocycles. The van der Waals surface area contributed by atoms with Crippen LogP contribution in [-0.2, 0) is 14.2 Å². The fraction of sp³-hybridized carbons (Fsp3) is 0.536. The van der Waals surface area contributed by atoms with Crippen molar-refractivity contribution in [3.63, 3.8) is 0 Å². The Labute approximate surface area is 241 Å². The number of carbonyl (C=O) groups is 1. The van der Waals surface area contributed by atoms with Crippen molar-refractivity contribution < 1.29 is 68.6 Å². The van der Waals surface area contributed by atoms with Crippen LogP contribution in [0.15, 0.2) is 24.3 Å². The van der Waals surface area contributed by atoms with E-state index in [2.05, 4.69) is 0 Å². The molecular weight excluding hydrogens is 560 g/mol. The van der Waals surface area contributed by atoms with Gasteiger partial charge in [-0.05, 0) is 29.8 Å². The van der Waals surface area contributed by atoms with Gasteiger partial charge in [0.15, 0.2) is 35.1 Å². The maximum atomic E-state index is 13.9. The number of ketones is 1. The van der Waals surface area contributed by atoms with E-state index in [0.717, 1.165) is 0 Å². The monoisotopic (exact) mass is 596 g/mol. The fourth-order valence-electron chi connectivity index (χ4n) is 5.22. The normalized spacial score (nSPS) is 29.2. The van der Waals surface area contributed by atoms with Gasteiger partial charge in [-0.15, -0.1) is 0 Å². The Balaban J connectivity index is 1.70. The summed E-state index contributed by atoms with van der Waals surface area (Å²) >= 11 is 0. The maximum Gasteiger partial charge on any atom is 0.200 e. The minimum atomic E-state index is -1.66. The summed E-state index contributed by atoms with van der Waals surface area (Å²) in [5.74, 6) is -2.23. The van der Waals surface area contributed by atoms with E-state index < -0.39 is 61.0 Å². The molecule has 0 unspecified atom stereocenters. The van der Waals surface area contributed by atoms with E-state index in [1.54, 1.807) is 0 Å². The van der Waals surface area contributed by atoms with Crippen LogP contribution >= 0.6 is 0 Å². The molecule has 0 bridgehead atoms. The summed E-state index contributed by atoms with van der Waals surface area (Å²) in [6.45, 7) is -0.955. The molecule has 14 nitrogen and oxygen atoms in total. The summed E-state index contributed by atoms with van der Waals surface area (Å²) in [4.78, 5) is 13.9. The molecule has 0 aliphatic carbocycles. The van der Waals surface area contributed by atoms with Crippen LogP contribution in [0.2, 0.25) is 0 Å². The third-order valence-electron chi connectivity index (χ3n) is 7.59. The lowest BCUT2D eigenvalue weighted by molar-refractivity contribution is -0.304. The van der Waals surface area contributed by atoms with Crippen LogP contribution in [0.5, 0.6) is 34.5 Å². The summed E-state index contributed by atoms with van der Waals surface area (Å²) in [7, 11) is 5.40. The SMILES string of the molecule is COc1cc(C(=O)[C@H]2CO[C@H](c3cc(OC)c(O)c(OC)c3)[C@H]2CO[C@@H]2O[C@H](CO)[C@@H](O)[C@H](O)[C@H]2O)cc(OC)c1O.